The number of thiophene rings is 1. The van der Waals surface area contributed by atoms with Crippen LogP contribution in [0.3, 0.4) is 0 Å². The summed E-state index contributed by atoms with van der Waals surface area (Å²) in [5.41, 5.74) is -0.886. The van der Waals surface area contributed by atoms with Gasteiger partial charge in [0, 0.05) is 14.2 Å². The standard InChI is InChI=1S/C22H33N3O7S/c1-13(2)9-14(18(26)22(3)12-32-22)23-19(27)15(10-30-4)24-20(28)16(11-31-5)25-21(29)17-7-6-8-33-17/h6-8,13-16H,9-12H2,1-5H3,(H,23,27)(H,24,28)(H,25,29)/t14?,15-,16?,22+/m0/s1. The van der Waals surface area contributed by atoms with Gasteiger partial charge in [-0.15, -0.1) is 11.3 Å². The first kappa shape index (κ1) is 26.9. The lowest BCUT2D eigenvalue weighted by molar-refractivity contribution is -0.134. The van der Waals surface area contributed by atoms with Crippen LogP contribution in [0.25, 0.3) is 0 Å². The first-order valence-corrected chi connectivity index (χ1v) is 11.6. The third-order valence-electron chi connectivity index (χ3n) is 5.11. The summed E-state index contributed by atoms with van der Waals surface area (Å²) in [6, 6.07) is 0.513. The maximum Gasteiger partial charge on any atom is 0.262 e. The van der Waals surface area contributed by atoms with Gasteiger partial charge in [-0.05, 0) is 30.7 Å². The number of carbonyl (C=O) groups excluding carboxylic acids is 4. The van der Waals surface area contributed by atoms with Gasteiger partial charge < -0.3 is 30.2 Å². The molecule has 0 saturated carbocycles. The van der Waals surface area contributed by atoms with Gasteiger partial charge in [0.1, 0.15) is 17.7 Å². The number of amides is 3. The minimum atomic E-state index is -1.07. The lowest BCUT2D eigenvalue weighted by Crippen LogP contribution is -2.58. The van der Waals surface area contributed by atoms with Crippen LogP contribution in [0.2, 0.25) is 0 Å². The summed E-state index contributed by atoms with van der Waals surface area (Å²) in [6.07, 6.45) is 0.431. The van der Waals surface area contributed by atoms with E-state index in [2.05, 4.69) is 16.0 Å². The highest BCUT2D eigenvalue weighted by Crippen LogP contribution is 2.29. The number of hydrogen-bond acceptors (Lipinski definition) is 8. The summed E-state index contributed by atoms with van der Waals surface area (Å²) in [5.74, 6) is -1.64. The minimum absolute atomic E-state index is 0.0889. The molecule has 0 spiro atoms. The molecule has 1 aliphatic heterocycles. The zero-order valence-corrected chi connectivity index (χ0v) is 20.5. The molecule has 10 nitrogen and oxygen atoms in total. The van der Waals surface area contributed by atoms with E-state index in [0.29, 0.717) is 17.9 Å². The zero-order chi connectivity index (χ0) is 24.6. The predicted octanol–water partition coefficient (Wildman–Crippen LogP) is 0.513. The van der Waals surface area contributed by atoms with E-state index in [1.165, 1.54) is 25.6 Å². The molecule has 2 rings (SSSR count). The molecule has 3 amide bonds. The molecule has 2 heterocycles. The third-order valence-corrected chi connectivity index (χ3v) is 5.97. The molecule has 4 atom stereocenters. The normalized spacial score (nSPS) is 19.9. The summed E-state index contributed by atoms with van der Waals surface area (Å²) in [4.78, 5) is 51.5. The first-order valence-electron chi connectivity index (χ1n) is 10.7. The van der Waals surface area contributed by atoms with Crippen LogP contribution in [0.4, 0.5) is 0 Å². The zero-order valence-electron chi connectivity index (χ0n) is 19.6. The van der Waals surface area contributed by atoms with E-state index in [1.54, 1.807) is 24.4 Å². The molecule has 0 aliphatic carbocycles. The Balaban J connectivity index is 2.07. The quantitative estimate of drug-likeness (QED) is 0.328. The first-order chi connectivity index (χ1) is 15.6. The minimum Gasteiger partial charge on any atom is -0.382 e. The lowest BCUT2D eigenvalue weighted by Gasteiger charge is -2.26. The number of carbonyl (C=O) groups is 4. The predicted molar refractivity (Wildman–Crippen MR) is 122 cm³/mol. The van der Waals surface area contributed by atoms with Crippen molar-refractivity contribution in [3.8, 4) is 0 Å². The second kappa shape index (κ2) is 12.2. The van der Waals surface area contributed by atoms with Crippen LogP contribution in [-0.2, 0) is 28.6 Å². The monoisotopic (exact) mass is 483 g/mol. The summed E-state index contributed by atoms with van der Waals surface area (Å²) in [5, 5.41) is 9.70. The van der Waals surface area contributed by atoms with Crippen LogP contribution >= 0.6 is 11.3 Å². The number of rotatable bonds is 14. The average Bonchev–Trinajstić information content (AvgIpc) is 3.27. The Kier molecular flexibility index (Phi) is 9.96. The van der Waals surface area contributed by atoms with Gasteiger partial charge in [0.15, 0.2) is 5.78 Å². The third kappa shape index (κ3) is 7.88. The van der Waals surface area contributed by atoms with Crippen molar-refractivity contribution in [2.45, 2.75) is 50.9 Å². The smallest absolute Gasteiger partial charge is 0.262 e. The van der Waals surface area contributed by atoms with Crippen LogP contribution in [0.1, 0.15) is 36.9 Å². The molecular formula is C22H33N3O7S. The molecule has 1 aliphatic rings. The van der Waals surface area contributed by atoms with Crippen molar-refractivity contribution in [1.82, 2.24) is 16.0 Å². The number of hydrogen-bond donors (Lipinski definition) is 3. The van der Waals surface area contributed by atoms with Crippen molar-refractivity contribution in [1.29, 1.82) is 0 Å². The molecule has 184 valence electrons. The summed E-state index contributed by atoms with van der Waals surface area (Å²) in [7, 11) is 2.80. The molecule has 1 saturated heterocycles. The Hall–Kier alpha value is -2.34. The second-order valence-corrected chi connectivity index (χ2v) is 9.50. The van der Waals surface area contributed by atoms with E-state index in [9.17, 15) is 19.2 Å². The summed E-state index contributed by atoms with van der Waals surface area (Å²) in [6.45, 7) is 5.69. The van der Waals surface area contributed by atoms with E-state index in [4.69, 9.17) is 14.2 Å². The van der Waals surface area contributed by atoms with Gasteiger partial charge in [0.2, 0.25) is 11.8 Å². The molecule has 1 fully saturated rings. The van der Waals surface area contributed by atoms with Gasteiger partial charge in [-0.1, -0.05) is 19.9 Å². The molecule has 1 aromatic rings. The number of ketones is 1. The molecule has 11 heteroatoms. The molecule has 2 unspecified atom stereocenters. The molecular weight excluding hydrogens is 450 g/mol. The van der Waals surface area contributed by atoms with Crippen LogP contribution in [0.5, 0.6) is 0 Å². The van der Waals surface area contributed by atoms with Crippen molar-refractivity contribution in [2.75, 3.05) is 34.0 Å². The van der Waals surface area contributed by atoms with Gasteiger partial charge in [-0.25, -0.2) is 0 Å². The molecule has 0 radical (unpaired) electrons. The lowest BCUT2D eigenvalue weighted by atomic mass is 9.93. The number of ether oxygens (including phenoxy) is 3. The van der Waals surface area contributed by atoms with Gasteiger partial charge in [0.25, 0.3) is 5.91 Å². The Bertz CT molecular complexity index is 824. The summed E-state index contributed by atoms with van der Waals surface area (Å²) < 4.78 is 15.4. The Morgan fingerprint density at radius 1 is 1.03 bits per heavy atom. The Labute approximate surface area is 197 Å². The van der Waals surface area contributed by atoms with Crippen LogP contribution in [0, 0.1) is 5.92 Å². The highest BCUT2D eigenvalue weighted by Gasteiger charge is 2.50. The molecule has 0 aromatic carbocycles. The van der Waals surface area contributed by atoms with Gasteiger partial charge in [0.05, 0.1) is 30.7 Å². The van der Waals surface area contributed by atoms with E-state index < -0.39 is 41.4 Å². The molecule has 3 N–H and O–H groups in total. The van der Waals surface area contributed by atoms with Crippen LogP contribution in [-0.4, -0.2) is 81.3 Å². The van der Waals surface area contributed by atoms with E-state index in [0.717, 1.165) is 0 Å². The van der Waals surface area contributed by atoms with E-state index in [1.807, 2.05) is 13.8 Å². The van der Waals surface area contributed by atoms with Gasteiger partial charge in [-0.3, -0.25) is 19.2 Å². The number of Topliss-reactive ketones (excluding diaryl/α,β-unsaturated/α-hetero) is 1. The highest BCUT2D eigenvalue weighted by molar-refractivity contribution is 7.12. The fourth-order valence-electron chi connectivity index (χ4n) is 3.20. The van der Waals surface area contributed by atoms with Crippen molar-refractivity contribution in [3.63, 3.8) is 0 Å². The largest absolute Gasteiger partial charge is 0.382 e. The SMILES string of the molecule is COCC(NC(=O)c1cccs1)C(=O)N[C@@H](COC)C(=O)NC(CC(C)C)C(=O)[C@@]1(C)CO1. The van der Waals surface area contributed by atoms with Crippen molar-refractivity contribution in [3.05, 3.63) is 22.4 Å². The van der Waals surface area contributed by atoms with Gasteiger partial charge in [-0.2, -0.15) is 0 Å². The molecule has 1 aromatic heterocycles. The number of epoxide rings is 1. The fraction of sp³-hybridized carbons (Fsp3) is 0.636. The second-order valence-electron chi connectivity index (χ2n) is 8.55. The van der Waals surface area contributed by atoms with Crippen LogP contribution < -0.4 is 16.0 Å². The highest BCUT2D eigenvalue weighted by atomic mass is 32.1. The average molecular weight is 484 g/mol. The maximum atomic E-state index is 13.0. The van der Waals surface area contributed by atoms with Crippen LogP contribution in [0.15, 0.2) is 17.5 Å². The van der Waals surface area contributed by atoms with E-state index in [-0.39, 0.29) is 24.9 Å². The van der Waals surface area contributed by atoms with Gasteiger partial charge >= 0.3 is 0 Å². The molecule has 33 heavy (non-hydrogen) atoms. The fourth-order valence-corrected chi connectivity index (χ4v) is 3.83. The van der Waals surface area contributed by atoms with Crippen molar-refractivity contribution < 1.29 is 33.4 Å². The number of nitrogens with one attached hydrogen (secondary N) is 3. The molecule has 0 bridgehead atoms. The van der Waals surface area contributed by atoms with Crippen molar-refractivity contribution >= 4 is 34.8 Å². The van der Waals surface area contributed by atoms with E-state index >= 15 is 0 Å². The Morgan fingerprint density at radius 3 is 2.03 bits per heavy atom. The Morgan fingerprint density at radius 2 is 1.58 bits per heavy atom. The maximum absolute atomic E-state index is 13.0. The summed E-state index contributed by atoms with van der Waals surface area (Å²) >= 11 is 1.24. The topological polar surface area (TPSA) is 135 Å². The number of methoxy groups -OCH3 is 2. The van der Waals surface area contributed by atoms with Crippen molar-refractivity contribution in [2.24, 2.45) is 5.92 Å².